The maximum atomic E-state index is 5.22. The predicted octanol–water partition coefficient (Wildman–Crippen LogP) is 1.40. The number of hydrogen-bond donors (Lipinski definition) is 2. The minimum atomic E-state index is 0. The van der Waals surface area contributed by atoms with Crippen molar-refractivity contribution in [2.24, 2.45) is 16.5 Å². The van der Waals surface area contributed by atoms with Crippen LogP contribution in [0.1, 0.15) is 13.9 Å². The number of rotatable bonds is 2. The Morgan fingerprint density at radius 1 is 1.33 bits per heavy atom. The number of hydrogen-bond acceptors (Lipinski definition) is 1. The number of nitrogens with two attached hydrogens (primary N) is 2. The SMILES string of the molecule is CCc1ccc(N=C(N)N)cc1.[HH]. The molecule has 12 heavy (non-hydrogen) atoms. The zero-order chi connectivity index (χ0) is 8.97. The van der Waals surface area contributed by atoms with Crippen LogP contribution in [-0.4, -0.2) is 5.96 Å². The summed E-state index contributed by atoms with van der Waals surface area (Å²) in [5, 5.41) is 0. The van der Waals surface area contributed by atoms with E-state index in [2.05, 4.69) is 11.9 Å². The normalized spacial score (nSPS) is 9.42. The monoisotopic (exact) mass is 165 g/mol. The van der Waals surface area contributed by atoms with Gasteiger partial charge in [-0.05, 0) is 24.1 Å². The molecule has 66 valence electrons. The number of aliphatic imine (C=N–C) groups is 1. The van der Waals surface area contributed by atoms with E-state index < -0.39 is 0 Å². The van der Waals surface area contributed by atoms with Gasteiger partial charge >= 0.3 is 0 Å². The van der Waals surface area contributed by atoms with Gasteiger partial charge in [0.15, 0.2) is 5.96 Å². The summed E-state index contributed by atoms with van der Waals surface area (Å²) < 4.78 is 0. The van der Waals surface area contributed by atoms with E-state index in [4.69, 9.17) is 11.5 Å². The molecule has 0 heterocycles. The average molecular weight is 165 g/mol. The molecule has 0 saturated carbocycles. The molecule has 0 bridgehead atoms. The summed E-state index contributed by atoms with van der Waals surface area (Å²) in [5.74, 6) is 0.0965. The molecule has 0 saturated heterocycles. The smallest absolute Gasteiger partial charge is 0.191 e. The molecular formula is C9H15N3. The lowest BCUT2D eigenvalue weighted by atomic mass is 10.2. The largest absolute Gasteiger partial charge is 0.370 e. The van der Waals surface area contributed by atoms with Gasteiger partial charge in [0.05, 0.1) is 5.69 Å². The minimum absolute atomic E-state index is 0. The fraction of sp³-hybridized carbons (Fsp3) is 0.222. The first-order valence-electron chi connectivity index (χ1n) is 3.91. The lowest BCUT2D eigenvalue weighted by Gasteiger charge is -1.97. The van der Waals surface area contributed by atoms with Crippen LogP contribution in [0.2, 0.25) is 0 Å². The van der Waals surface area contributed by atoms with Crippen molar-refractivity contribution < 1.29 is 1.43 Å². The summed E-state index contributed by atoms with van der Waals surface area (Å²) in [6.07, 6.45) is 1.03. The zero-order valence-electron chi connectivity index (χ0n) is 7.12. The Bertz CT molecular complexity index is 275. The molecular weight excluding hydrogens is 150 g/mol. The van der Waals surface area contributed by atoms with Crippen molar-refractivity contribution in [1.82, 2.24) is 0 Å². The van der Waals surface area contributed by atoms with Crippen molar-refractivity contribution in [3.05, 3.63) is 29.8 Å². The van der Waals surface area contributed by atoms with Crippen molar-refractivity contribution >= 4 is 11.6 Å². The van der Waals surface area contributed by atoms with E-state index >= 15 is 0 Å². The standard InChI is InChI=1S/C9H13N3.H2/c1-2-7-3-5-8(6-4-7)12-9(10)11;/h3-6H,2H2,1H3,(H4,10,11,12);1H. The molecule has 0 atom stereocenters. The Balaban J connectivity index is 0.00000144. The van der Waals surface area contributed by atoms with Gasteiger partial charge in [0, 0.05) is 1.43 Å². The van der Waals surface area contributed by atoms with Crippen molar-refractivity contribution in [1.29, 1.82) is 0 Å². The third-order valence-electron chi connectivity index (χ3n) is 1.60. The van der Waals surface area contributed by atoms with Crippen LogP contribution >= 0.6 is 0 Å². The molecule has 0 aromatic heterocycles. The number of benzene rings is 1. The number of guanidine groups is 1. The summed E-state index contributed by atoms with van der Waals surface area (Å²) in [6, 6.07) is 7.83. The topological polar surface area (TPSA) is 64.4 Å². The first kappa shape index (κ1) is 8.59. The van der Waals surface area contributed by atoms with Crippen molar-refractivity contribution in [2.45, 2.75) is 13.3 Å². The van der Waals surface area contributed by atoms with Crippen LogP contribution < -0.4 is 11.5 Å². The van der Waals surface area contributed by atoms with Gasteiger partial charge in [-0.25, -0.2) is 4.99 Å². The lowest BCUT2D eigenvalue weighted by Crippen LogP contribution is -2.21. The molecule has 0 aliphatic heterocycles. The molecule has 0 unspecified atom stereocenters. The summed E-state index contributed by atoms with van der Waals surface area (Å²) in [7, 11) is 0. The third kappa shape index (κ3) is 2.27. The van der Waals surface area contributed by atoms with Gasteiger partial charge in [-0.2, -0.15) is 0 Å². The van der Waals surface area contributed by atoms with Crippen LogP contribution in [0.25, 0.3) is 0 Å². The molecule has 1 aromatic rings. The van der Waals surface area contributed by atoms with Crippen molar-refractivity contribution in [3.63, 3.8) is 0 Å². The fourth-order valence-electron chi connectivity index (χ4n) is 0.955. The molecule has 3 nitrogen and oxygen atoms in total. The molecule has 1 aromatic carbocycles. The van der Waals surface area contributed by atoms with Gasteiger partial charge in [0.25, 0.3) is 0 Å². The van der Waals surface area contributed by atoms with Gasteiger partial charge in [-0.15, -0.1) is 0 Å². The molecule has 0 spiro atoms. The van der Waals surface area contributed by atoms with E-state index in [9.17, 15) is 0 Å². The molecule has 3 heteroatoms. The summed E-state index contributed by atoms with van der Waals surface area (Å²) >= 11 is 0. The van der Waals surface area contributed by atoms with Crippen LogP contribution in [0.5, 0.6) is 0 Å². The van der Waals surface area contributed by atoms with Gasteiger partial charge in [0.2, 0.25) is 0 Å². The van der Waals surface area contributed by atoms with E-state index in [1.807, 2.05) is 24.3 Å². The molecule has 4 N–H and O–H groups in total. The van der Waals surface area contributed by atoms with Gasteiger partial charge in [-0.3, -0.25) is 0 Å². The quantitative estimate of drug-likeness (QED) is 0.514. The van der Waals surface area contributed by atoms with Crippen LogP contribution in [-0.2, 0) is 6.42 Å². The second-order valence-corrected chi connectivity index (χ2v) is 2.56. The highest BCUT2D eigenvalue weighted by atomic mass is 15.0. The summed E-state index contributed by atoms with van der Waals surface area (Å²) in [6.45, 7) is 2.11. The van der Waals surface area contributed by atoms with Crippen LogP contribution in [0.3, 0.4) is 0 Å². The van der Waals surface area contributed by atoms with E-state index in [1.165, 1.54) is 5.56 Å². The van der Waals surface area contributed by atoms with E-state index in [1.54, 1.807) is 0 Å². The highest BCUT2D eigenvalue weighted by Gasteiger charge is 1.90. The highest BCUT2D eigenvalue weighted by molar-refractivity contribution is 5.78. The molecule has 0 aliphatic rings. The van der Waals surface area contributed by atoms with Gasteiger partial charge in [0.1, 0.15) is 0 Å². The maximum Gasteiger partial charge on any atom is 0.191 e. The van der Waals surface area contributed by atoms with Crippen LogP contribution in [0, 0.1) is 0 Å². The van der Waals surface area contributed by atoms with Crippen molar-refractivity contribution in [3.8, 4) is 0 Å². The Labute approximate surface area is 73.6 Å². The maximum absolute atomic E-state index is 5.22. The van der Waals surface area contributed by atoms with Crippen LogP contribution in [0.4, 0.5) is 5.69 Å². The van der Waals surface area contributed by atoms with E-state index in [-0.39, 0.29) is 7.39 Å². The highest BCUT2D eigenvalue weighted by Crippen LogP contribution is 2.12. The Kier molecular flexibility index (Phi) is 2.69. The lowest BCUT2D eigenvalue weighted by molar-refractivity contribution is 1.14. The number of aryl methyl sites for hydroxylation is 1. The average Bonchev–Trinajstić information content (AvgIpc) is 2.05. The van der Waals surface area contributed by atoms with Crippen LogP contribution in [0.15, 0.2) is 29.3 Å². The second-order valence-electron chi connectivity index (χ2n) is 2.56. The van der Waals surface area contributed by atoms with E-state index in [0.717, 1.165) is 12.1 Å². The summed E-state index contributed by atoms with van der Waals surface area (Å²) in [5.41, 5.74) is 12.5. The third-order valence-corrected chi connectivity index (χ3v) is 1.60. The van der Waals surface area contributed by atoms with Gasteiger partial charge < -0.3 is 11.5 Å². The predicted molar refractivity (Wildman–Crippen MR) is 53.4 cm³/mol. The fourth-order valence-corrected chi connectivity index (χ4v) is 0.955. The Hall–Kier alpha value is -1.51. The Morgan fingerprint density at radius 3 is 2.33 bits per heavy atom. The molecule has 0 fully saturated rings. The molecule has 0 radical (unpaired) electrons. The second kappa shape index (κ2) is 3.76. The zero-order valence-corrected chi connectivity index (χ0v) is 7.12. The summed E-state index contributed by atoms with van der Waals surface area (Å²) in [4.78, 5) is 3.91. The van der Waals surface area contributed by atoms with Crippen molar-refractivity contribution in [2.75, 3.05) is 0 Å². The Morgan fingerprint density at radius 2 is 1.92 bits per heavy atom. The molecule has 0 amide bonds. The number of nitrogens with zero attached hydrogens (tertiary/aromatic N) is 1. The first-order chi connectivity index (χ1) is 5.72. The minimum Gasteiger partial charge on any atom is -0.370 e. The van der Waals surface area contributed by atoms with Gasteiger partial charge in [-0.1, -0.05) is 19.1 Å². The first-order valence-corrected chi connectivity index (χ1v) is 3.91. The molecule has 1 rings (SSSR count). The van der Waals surface area contributed by atoms with E-state index in [0.29, 0.717) is 0 Å². The molecule has 0 aliphatic carbocycles.